The van der Waals surface area contributed by atoms with E-state index in [0.717, 1.165) is 12.0 Å². The van der Waals surface area contributed by atoms with Gasteiger partial charge in [0.2, 0.25) is 0 Å². The Hall–Kier alpha value is -2.08. The molecule has 2 aromatic heterocycles. The Kier molecular flexibility index (Phi) is 3.79. The van der Waals surface area contributed by atoms with E-state index >= 15 is 0 Å². The minimum atomic E-state index is -0.422. The molecule has 21 heavy (non-hydrogen) atoms. The molecule has 1 aliphatic rings. The van der Waals surface area contributed by atoms with Crippen LogP contribution in [0.15, 0.2) is 38.2 Å². The molecule has 0 aliphatic carbocycles. The van der Waals surface area contributed by atoms with Gasteiger partial charge in [-0.25, -0.2) is 4.79 Å². The van der Waals surface area contributed by atoms with Gasteiger partial charge in [0.15, 0.2) is 0 Å². The predicted molar refractivity (Wildman–Crippen MR) is 79.0 cm³/mol. The third-order valence-electron chi connectivity index (χ3n) is 3.37. The molecule has 0 aromatic carbocycles. The van der Waals surface area contributed by atoms with Crippen LogP contribution in [-0.4, -0.2) is 30.0 Å². The second kappa shape index (κ2) is 5.73. The van der Waals surface area contributed by atoms with Crippen LogP contribution in [0.3, 0.4) is 0 Å². The van der Waals surface area contributed by atoms with Crippen LogP contribution in [0, 0.1) is 6.92 Å². The smallest absolute Gasteiger partial charge is 0.339 e. The van der Waals surface area contributed by atoms with Crippen molar-refractivity contribution in [1.29, 1.82) is 0 Å². The van der Waals surface area contributed by atoms with Gasteiger partial charge in [-0.1, -0.05) is 0 Å². The Balaban J connectivity index is 1.64. The molecule has 1 amide bonds. The van der Waals surface area contributed by atoms with Crippen molar-refractivity contribution < 1.29 is 13.9 Å². The molecule has 5 nitrogen and oxygen atoms in total. The number of hydrogen-bond acceptors (Lipinski definition) is 5. The number of aryl methyl sites for hydroxylation is 1. The van der Waals surface area contributed by atoms with E-state index in [9.17, 15) is 9.59 Å². The summed E-state index contributed by atoms with van der Waals surface area (Å²) in [5.41, 5.74) is 0.297. The first kappa shape index (κ1) is 13.9. The van der Waals surface area contributed by atoms with Gasteiger partial charge in [-0.05, 0) is 18.4 Å². The Bertz CT molecular complexity index is 692. The maximum Gasteiger partial charge on any atom is 0.339 e. The first-order valence-corrected chi connectivity index (χ1v) is 7.66. The zero-order chi connectivity index (χ0) is 14.8. The van der Waals surface area contributed by atoms with Crippen LogP contribution in [-0.2, 0) is 0 Å². The van der Waals surface area contributed by atoms with Crippen molar-refractivity contribution in [2.75, 3.05) is 13.1 Å². The molecule has 1 aliphatic heterocycles. The number of rotatable bonds is 3. The number of amides is 1. The molecule has 6 heteroatoms. The Morgan fingerprint density at radius 1 is 1.48 bits per heavy atom. The maximum atomic E-state index is 12.2. The lowest BCUT2D eigenvalue weighted by Gasteiger charge is -2.16. The highest BCUT2D eigenvalue weighted by atomic mass is 32.1. The topological polar surface area (TPSA) is 59.8 Å². The molecule has 1 fully saturated rings. The molecular weight excluding hydrogens is 290 g/mol. The van der Waals surface area contributed by atoms with Crippen molar-refractivity contribution in [2.24, 2.45) is 0 Å². The average molecular weight is 305 g/mol. The number of carbonyl (C=O) groups is 1. The van der Waals surface area contributed by atoms with Gasteiger partial charge in [0.05, 0.1) is 18.2 Å². The summed E-state index contributed by atoms with van der Waals surface area (Å²) >= 11 is 1.51. The fourth-order valence-electron chi connectivity index (χ4n) is 2.41. The molecule has 0 bridgehead atoms. The first-order valence-electron chi connectivity index (χ1n) is 6.72. The molecule has 1 saturated heterocycles. The van der Waals surface area contributed by atoms with Gasteiger partial charge in [0.25, 0.3) is 5.91 Å². The minimum Gasteiger partial charge on any atom is -0.488 e. The largest absolute Gasteiger partial charge is 0.488 e. The van der Waals surface area contributed by atoms with Gasteiger partial charge in [-0.2, -0.15) is 11.3 Å². The number of nitrogens with zero attached hydrogens (tertiary/aromatic N) is 1. The molecule has 3 rings (SSSR count). The molecule has 110 valence electrons. The van der Waals surface area contributed by atoms with Gasteiger partial charge in [-0.15, -0.1) is 0 Å². The fourth-order valence-corrected chi connectivity index (χ4v) is 3.04. The van der Waals surface area contributed by atoms with E-state index < -0.39 is 5.63 Å². The van der Waals surface area contributed by atoms with Crippen molar-refractivity contribution in [3.05, 3.63) is 50.7 Å². The van der Waals surface area contributed by atoms with Crippen LogP contribution in [0.2, 0.25) is 0 Å². The highest BCUT2D eigenvalue weighted by Crippen LogP contribution is 2.20. The van der Waals surface area contributed by atoms with Gasteiger partial charge in [-0.3, -0.25) is 4.79 Å². The van der Waals surface area contributed by atoms with Crippen molar-refractivity contribution in [1.82, 2.24) is 4.90 Å². The number of thiophene rings is 1. The lowest BCUT2D eigenvalue weighted by Crippen LogP contribution is -2.30. The number of ether oxygens (including phenoxy) is 1. The van der Waals surface area contributed by atoms with Crippen LogP contribution in [0.5, 0.6) is 5.75 Å². The molecule has 0 spiro atoms. The van der Waals surface area contributed by atoms with Gasteiger partial charge in [0, 0.05) is 24.4 Å². The third-order valence-corrected chi connectivity index (χ3v) is 4.05. The SMILES string of the molecule is Cc1cc(OC2CCN(C(=O)c3ccsc3)C2)cc(=O)o1. The summed E-state index contributed by atoms with van der Waals surface area (Å²) in [6, 6.07) is 4.84. The quantitative estimate of drug-likeness (QED) is 0.873. The molecule has 0 radical (unpaired) electrons. The second-order valence-electron chi connectivity index (χ2n) is 5.01. The molecule has 0 saturated carbocycles. The van der Waals surface area contributed by atoms with Crippen LogP contribution in [0.25, 0.3) is 0 Å². The Labute approximate surface area is 125 Å². The molecule has 0 N–H and O–H groups in total. The zero-order valence-electron chi connectivity index (χ0n) is 11.6. The van der Waals surface area contributed by atoms with Crippen LogP contribution in [0.1, 0.15) is 22.5 Å². The van der Waals surface area contributed by atoms with Crippen LogP contribution >= 0.6 is 11.3 Å². The summed E-state index contributed by atoms with van der Waals surface area (Å²) in [6.07, 6.45) is 0.670. The van der Waals surface area contributed by atoms with E-state index in [-0.39, 0.29) is 12.0 Å². The van der Waals surface area contributed by atoms with E-state index in [0.29, 0.717) is 24.6 Å². The van der Waals surface area contributed by atoms with Crippen LogP contribution in [0.4, 0.5) is 0 Å². The summed E-state index contributed by atoms with van der Waals surface area (Å²) in [4.78, 5) is 25.3. The minimum absolute atomic E-state index is 0.0334. The van der Waals surface area contributed by atoms with Gasteiger partial charge >= 0.3 is 5.63 Å². The van der Waals surface area contributed by atoms with Crippen molar-refractivity contribution in [2.45, 2.75) is 19.4 Å². The molecular formula is C15H15NO4S. The normalized spacial score (nSPS) is 18.0. The average Bonchev–Trinajstić information content (AvgIpc) is 3.07. The van der Waals surface area contributed by atoms with E-state index in [1.165, 1.54) is 17.4 Å². The first-order chi connectivity index (χ1) is 10.1. The van der Waals surface area contributed by atoms with E-state index in [1.807, 2.05) is 16.8 Å². The second-order valence-corrected chi connectivity index (χ2v) is 5.79. The summed E-state index contributed by atoms with van der Waals surface area (Å²) < 4.78 is 10.7. The third kappa shape index (κ3) is 3.16. The van der Waals surface area contributed by atoms with E-state index in [1.54, 1.807) is 17.9 Å². The number of likely N-dealkylation sites (tertiary alicyclic amines) is 1. The van der Waals surface area contributed by atoms with Gasteiger partial charge in [0.1, 0.15) is 17.6 Å². The summed E-state index contributed by atoms with van der Waals surface area (Å²) in [5.74, 6) is 1.05. The van der Waals surface area contributed by atoms with Gasteiger partial charge < -0.3 is 14.1 Å². The maximum absolute atomic E-state index is 12.2. The van der Waals surface area contributed by atoms with Crippen LogP contribution < -0.4 is 10.4 Å². The highest BCUT2D eigenvalue weighted by Gasteiger charge is 2.28. The fraction of sp³-hybridized carbons (Fsp3) is 0.333. The summed E-state index contributed by atoms with van der Waals surface area (Å²) in [5, 5.41) is 3.74. The standard InChI is InChI=1S/C15H15NO4S/c1-10-6-13(7-14(17)19-10)20-12-2-4-16(8-12)15(18)11-3-5-21-9-11/h3,5-7,9,12H,2,4,8H2,1H3. The molecule has 1 unspecified atom stereocenters. The number of hydrogen-bond donors (Lipinski definition) is 0. The summed E-state index contributed by atoms with van der Waals surface area (Å²) in [7, 11) is 0. The molecule has 3 heterocycles. The highest BCUT2D eigenvalue weighted by molar-refractivity contribution is 7.08. The lowest BCUT2D eigenvalue weighted by molar-refractivity contribution is 0.0772. The predicted octanol–water partition coefficient (Wildman–Crippen LogP) is 2.30. The van der Waals surface area contributed by atoms with E-state index in [2.05, 4.69) is 0 Å². The van der Waals surface area contributed by atoms with Crippen molar-refractivity contribution >= 4 is 17.2 Å². The lowest BCUT2D eigenvalue weighted by atomic mass is 10.3. The van der Waals surface area contributed by atoms with E-state index in [4.69, 9.17) is 9.15 Å². The Morgan fingerprint density at radius 2 is 2.33 bits per heavy atom. The molecule has 2 aromatic rings. The monoisotopic (exact) mass is 305 g/mol. The Morgan fingerprint density at radius 3 is 3.05 bits per heavy atom. The van der Waals surface area contributed by atoms with Crippen molar-refractivity contribution in [3.8, 4) is 5.75 Å². The molecule has 1 atom stereocenters. The van der Waals surface area contributed by atoms with Crippen molar-refractivity contribution in [3.63, 3.8) is 0 Å². The number of carbonyl (C=O) groups excluding carboxylic acids is 1. The zero-order valence-corrected chi connectivity index (χ0v) is 12.4. The summed E-state index contributed by atoms with van der Waals surface area (Å²) in [6.45, 7) is 2.91.